The summed E-state index contributed by atoms with van der Waals surface area (Å²) in [5, 5.41) is 36.6. The third-order valence-electron chi connectivity index (χ3n) is 4.07. The highest BCUT2D eigenvalue weighted by Crippen LogP contribution is 2.40. The van der Waals surface area contributed by atoms with E-state index in [4.69, 9.17) is 0 Å². The molecule has 0 aromatic heterocycles. The lowest BCUT2D eigenvalue weighted by Crippen LogP contribution is -1.77. The fraction of sp³-hybridized carbons (Fsp3) is 0.143. The van der Waals surface area contributed by atoms with E-state index < -0.39 is 0 Å². The number of rotatable bonds is 4. The largest absolute Gasteiger partial charge is 0.505 e. The molecule has 3 aromatic rings. The second-order valence-corrected chi connectivity index (χ2v) is 6.31. The summed E-state index contributed by atoms with van der Waals surface area (Å²) in [6.07, 6.45) is 0. The maximum Gasteiger partial charge on any atom is 0.146 e. The van der Waals surface area contributed by atoms with Crippen molar-refractivity contribution in [1.29, 1.82) is 0 Å². The van der Waals surface area contributed by atoms with Gasteiger partial charge in [-0.3, -0.25) is 0 Å². The standard InChI is InChI=1S/C21H20N4O2/c1-13-8-9-17(15(3)10-13)23-25-19-11-18(20(26)12-21(19)27)24-22-16-7-5-4-6-14(16)2/h4-12,26-27H,1-3H3. The number of hydrogen-bond donors (Lipinski definition) is 2. The van der Waals surface area contributed by atoms with Gasteiger partial charge in [0.2, 0.25) is 0 Å². The van der Waals surface area contributed by atoms with Gasteiger partial charge in [0.25, 0.3) is 0 Å². The van der Waals surface area contributed by atoms with Crippen LogP contribution in [0.3, 0.4) is 0 Å². The number of phenolic OH excluding ortho intramolecular Hbond substituents is 2. The average molecular weight is 360 g/mol. The van der Waals surface area contributed by atoms with E-state index in [-0.39, 0.29) is 22.9 Å². The van der Waals surface area contributed by atoms with Crippen LogP contribution < -0.4 is 0 Å². The normalized spacial score (nSPS) is 11.5. The molecule has 0 bridgehead atoms. The fourth-order valence-electron chi connectivity index (χ4n) is 2.52. The Morgan fingerprint density at radius 3 is 1.70 bits per heavy atom. The van der Waals surface area contributed by atoms with Gasteiger partial charge in [-0.1, -0.05) is 35.9 Å². The molecule has 3 aromatic carbocycles. The van der Waals surface area contributed by atoms with Crippen molar-refractivity contribution in [3.63, 3.8) is 0 Å². The Labute approximate surface area is 157 Å². The molecule has 2 N–H and O–H groups in total. The first-order valence-corrected chi connectivity index (χ1v) is 8.46. The van der Waals surface area contributed by atoms with Crippen LogP contribution in [0.25, 0.3) is 0 Å². The van der Waals surface area contributed by atoms with E-state index in [1.807, 2.05) is 63.2 Å². The number of nitrogens with zero attached hydrogens (tertiary/aromatic N) is 4. The number of aryl methyl sites for hydroxylation is 3. The van der Waals surface area contributed by atoms with E-state index in [0.717, 1.165) is 16.7 Å². The molecule has 0 amide bonds. The van der Waals surface area contributed by atoms with E-state index in [1.54, 1.807) is 0 Å². The Hall–Kier alpha value is -3.54. The minimum Gasteiger partial charge on any atom is -0.505 e. The zero-order valence-corrected chi connectivity index (χ0v) is 15.4. The molecule has 0 atom stereocenters. The van der Waals surface area contributed by atoms with Crippen LogP contribution in [-0.4, -0.2) is 10.2 Å². The van der Waals surface area contributed by atoms with E-state index >= 15 is 0 Å². The van der Waals surface area contributed by atoms with Crippen LogP contribution in [0.2, 0.25) is 0 Å². The number of aromatic hydroxyl groups is 2. The lowest BCUT2D eigenvalue weighted by Gasteiger charge is -2.04. The van der Waals surface area contributed by atoms with Crippen molar-refractivity contribution in [1.82, 2.24) is 0 Å². The molecule has 0 saturated heterocycles. The highest BCUT2D eigenvalue weighted by Gasteiger charge is 2.09. The molecule has 0 unspecified atom stereocenters. The summed E-state index contributed by atoms with van der Waals surface area (Å²) < 4.78 is 0. The molecule has 0 aliphatic rings. The van der Waals surface area contributed by atoms with Gasteiger partial charge in [-0.15, -0.1) is 10.2 Å². The van der Waals surface area contributed by atoms with Crippen LogP contribution in [0.1, 0.15) is 16.7 Å². The number of benzene rings is 3. The minimum absolute atomic E-state index is 0.184. The third-order valence-corrected chi connectivity index (χ3v) is 4.07. The summed E-state index contributed by atoms with van der Waals surface area (Å²) in [6.45, 7) is 5.87. The van der Waals surface area contributed by atoms with E-state index in [9.17, 15) is 10.2 Å². The molecular weight excluding hydrogens is 340 g/mol. The van der Waals surface area contributed by atoms with E-state index in [1.165, 1.54) is 12.1 Å². The first-order chi connectivity index (χ1) is 12.9. The topological polar surface area (TPSA) is 89.9 Å². The molecular formula is C21H20N4O2. The Bertz CT molecular complexity index is 1040. The fourth-order valence-corrected chi connectivity index (χ4v) is 2.52. The lowest BCUT2D eigenvalue weighted by molar-refractivity contribution is 0.452. The summed E-state index contributed by atoms with van der Waals surface area (Å²) in [4.78, 5) is 0. The van der Waals surface area contributed by atoms with Crippen LogP contribution in [0.15, 0.2) is 75.1 Å². The van der Waals surface area contributed by atoms with Crippen molar-refractivity contribution < 1.29 is 10.2 Å². The van der Waals surface area contributed by atoms with Gasteiger partial charge in [0, 0.05) is 12.1 Å². The predicted molar refractivity (Wildman–Crippen MR) is 105 cm³/mol. The van der Waals surface area contributed by atoms with E-state index in [2.05, 4.69) is 20.5 Å². The van der Waals surface area contributed by atoms with Gasteiger partial charge < -0.3 is 10.2 Å². The lowest BCUT2D eigenvalue weighted by atomic mass is 10.1. The summed E-state index contributed by atoms with van der Waals surface area (Å²) >= 11 is 0. The van der Waals surface area contributed by atoms with Crippen LogP contribution in [0.4, 0.5) is 22.7 Å². The molecule has 0 aliphatic carbocycles. The molecule has 3 rings (SSSR count). The molecule has 0 heterocycles. The third kappa shape index (κ3) is 4.36. The number of azo groups is 2. The molecule has 0 spiro atoms. The van der Waals surface area contributed by atoms with Gasteiger partial charge in [-0.25, -0.2) is 0 Å². The van der Waals surface area contributed by atoms with Gasteiger partial charge in [0.15, 0.2) is 0 Å². The van der Waals surface area contributed by atoms with Crippen LogP contribution >= 0.6 is 0 Å². The zero-order valence-electron chi connectivity index (χ0n) is 15.4. The van der Waals surface area contributed by atoms with Crippen molar-refractivity contribution in [2.75, 3.05) is 0 Å². The summed E-state index contributed by atoms with van der Waals surface area (Å²) in [6, 6.07) is 16.0. The van der Waals surface area contributed by atoms with Gasteiger partial charge in [0.05, 0.1) is 11.4 Å². The van der Waals surface area contributed by atoms with Crippen molar-refractivity contribution >= 4 is 22.7 Å². The second-order valence-electron chi connectivity index (χ2n) is 6.31. The Kier molecular flexibility index (Phi) is 5.26. The second kappa shape index (κ2) is 7.78. The van der Waals surface area contributed by atoms with Crippen molar-refractivity contribution in [2.45, 2.75) is 20.8 Å². The quantitative estimate of drug-likeness (QED) is 0.498. The molecule has 0 aliphatic heterocycles. The van der Waals surface area contributed by atoms with Gasteiger partial charge >= 0.3 is 0 Å². The summed E-state index contributed by atoms with van der Waals surface area (Å²) in [7, 11) is 0. The Morgan fingerprint density at radius 1 is 0.556 bits per heavy atom. The minimum atomic E-state index is -0.185. The van der Waals surface area contributed by atoms with Crippen LogP contribution in [-0.2, 0) is 0 Å². The Balaban J connectivity index is 1.92. The monoisotopic (exact) mass is 360 g/mol. The maximum absolute atomic E-state index is 10.1. The van der Waals surface area contributed by atoms with E-state index in [0.29, 0.717) is 11.4 Å². The molecule has 6 heteroatoms. The number of phenols is 2. The summed E-state index contributed by atoms with van der Waals surface area (Å²) in [5.74, 6) is -0.369. The van der Waals surface area contributed by atoms with Gasteiger partial charge in [0.1, 0.15) is 22.9 Å². The maximum atomic E-state index is 10.1. The van der Waals surface area contributed by atoms with Crippen molar-refractivity contribution in [2.24, 2.45) is 20.5 Å². The predicted octanol–water partition coefficient (Wildman–Crippen LogP) is 6.85. The Morgan fingerprint density at radius 2 is 1.11 bits per heavy atom. The molecule has 0 radical (unpaired) electrons. The van der Waals surface area contributed by atoms with Crippen LogP contribution in [0, 0.1) is 20.8 Å². The smallest absolute Gasteiger partial charge is 0.146 e. The molecule has 27 heavy (non-hydrogen) atoms. The first kappa shape index (κ1) is 18.3. The molecule has 136 valence electrons. The highest BCUT2D eigenvalue weighted by atomic mass is 16.3. The zero-order chi connectivity index (χ0) is 19.4. The van der Waals surface area contributed by atoms with Gasteiger partial charge in [-0.2, -0.15) is 10.2 Å². The number of hydrogen-bond acceptors (Lipinski definition) is 6. The van der Waals surface area contributed by atoms with Gasteiger partial charge in [-0.05, 0) is 44.0 Å². The first-order valence-electron chi connectivity index (χ1n) is 8.46. The highest BCUT2D eigenvalue weighted by molar-refractivity contribution is 5.66. The summed E-state index contributed by atoms with van der Waals surface area (Å²) in [5.41, 5.74) is 4.89. The van der Waals surface area contributed by atoms with Crippen LogP contribution in [0.5, 0.6) is 11.5 Å². The molecule has 0 saturated carbocycles. The molecule has 0 fully saturated rings. The van der Waals surface area contributed by atoms with Crippen molar-refractivity contribution in [3.8, 4) is 11.5 Å². The van der Waals surface area contributed by atoms with Crippen molar-refractivity contribution in [3.05, 3.63) is 71.3 Å². The average Bonchev–Trinajstić information content (AvgIpc) is 2.62. The SMILES string of the molecule is Cc1ccc(N=Nc2cc(N=Nc3ccccc3C)c(O)cc2O)c(C)c1. The molecule has 6 nitrogen and oxygen atoms in total.